The molecule has 0 aliphatic carbocycles. The van der Waals surface area contributed by atoms with E-state index >= 15 is 0 Å². The molecule has 0 aromatic carbocycles. The highest BCUT2D eigenvalue weighted by Crippen LogP contribution is 2.29. The fraction of sp³-hybridized carbons (Fsp3) is 0.333. The first-order valence-electron chi connectivity index (χ1n) is 5.61. The maximum Gasteiger partial charge on any atom is 0.170 e. The lowest BCUT2D eigenvalue weighted by molar-refractivity contribution is 0.755. The Morgan fingerprint density at radius 1 is 1.41 bits per heavy atom. The Bertz CT molecular complexity index is 565. The van der Waals surface area contributed by atoms with Crippen LogP contribution in [0.25, 0.3) is 10.7 Å². The third kappa shape index (κ3) is 2.03. The van der Waals surface area contributed by atoms with Gasteiger partial charge in [0.25, 0.3) is 0 Å². The van der Waals surface area contributed by atoms with Gasteiger partial charge in [0, 0.05) is 34.2 Å². The minimum absolute atomic E-state index is 0.861. The zero-order chi connectivity index (χ0) is 11.8. The molecule has 3 rings (SSSR count). The van der Waals surface area contributed by atoms with Gasteiger partial charge in [-0.05, 0) is 28.4 Å². The standard InChI is InChI=1S/C12H12BrN3S/c1-2-9-8-4-14-5-10(8)16-12(15-9)11-3-7(13)6-17-11/h3,6,14H,2,4-5H2,1H3. The molecular formula is C12H12BrN3S. The Kier molecular flexibility index (Phi) is 2.98. The second-order valence-corrected chi connectivity index (χ2v) is 5.83. The molecule has 5 heteroatoms. The lowest BCUT2D eigenvalue weighted by Crippen LogP contribution is -2.02. The largest absolute Gasteiger partial charge is 0.307 e. The van der Waals surface area contributed by atoms with Crippen molar-refractivity contribution in [3.05, 3.63) is 32.9 Å². The molecule has 2 aromatic rings. The molecule has 0 atom stereocenters. The van der Waals surface area contributed by atoms with Crippen LogP contribution in [0.2, 0.25) is 0 Å². The number of aromatic nitrogens is 2. The van der Waals surface area contributed by atoms with E-state index in [0.29, 0.717) is 0 Å². The maximum atomic E-state index is 4.68. The van der Waals surface area contributed by atoms with Crippen LogP contribution >= 0.6 is 27.3 Å². The van der Waals surface area contributed by atoms with Crippen molar-refractivity contribution in [2.24, 2.45) is 0 Å². The number of halogens is 1. The Morgan fingerprint density at radius 2 is 2.29 bits per heavy atom. The first-order chi connectivity index (χ1) is 8.28. The summed E-state index contributed by atoms with van der Waals surface area (Å²) in [5.41, 5.74) is 3.64. The molecule has 88 valence electrons. The molecule has 2 aromatic heterocycles. The third-order valence-electron chi connectivity index (χ3n) is 2.90. The van der Waals surface area contributed by atoms with Crippen LogP contribution in [0.1, 0.15) is 23.9 Å². The van der Waals surface area contributed by atoms with E-state index in [1.165, 1.54) is 11.3 Å². The summed E-state index contributed by atoms with van der Waals surface area (Å²) in [6, 6.07) is 2.08. The van der Waals surface area contributed by atoms with E-state index in [-0.39, 0.29) is 0 Å². The van der Waals surface area contributed by atoms with E-state index in [1.54, 1.807) is 11.3 Å². The summed E-state index contributed by atoms with van der Waals surface area (Å²) in [7, 11) is 0. The lowest BCUT2D eigenvalue weighted by Gasteiger charge is -2.06. The van der Waals surface area contributed by atoms with Crippen molar-refractivity contribution in [2.45, 2.75) is 26.4 Å². The number of nitrogens with zero attached hydrogens (tertiary/aromatic N) is 2. The molecule has 0 amide bonds. The van der Waals surface area contributed by atoms with Crippen LogP contribution in [0.3, 0.4) is 0 Å². The summed E-state index contributed by atoms with van der Waals surface area (Å²) in [6.45, 7) is 3.92. The van der Waals surface area contributed by atoms with Gasteiger partial charge in [-0.15, -0.1) is 11.3 Å². The maximum absolute atomic E-state index is 4.68. The minimum atomic E-state index is 0.861. The predicted molar refractivity (Wildman–Crippen MR) is 73.0 cm³/mol. The average Bonchev–Trinajstić information content (AvgIpc) is 2.95. The molecule has 3 heterocycles. The molecule has 1 aliphatic heterocycles. The zero-order valence-electron chi connectivity index (χ0n) is 9.46. The smallest absolute Gasteiger partial charge is 0.170 e. The zero-order valence-corrected chi connectivity index (χ0v) is 11.9. The number of rotatable bonds is 2. The molecule has 0 saturated heterocycles. The summed E-state index contributed by atoms with van der Waals surface area (Å²) >= 11 is 5.14. The number of thiophene rings is 1. The summed E-state index contributed by atoms with van der Waals surface area (Å²) in [6.07, 6.45) is 0.964. The van der Waals surface area contributed by atoms with E-state index < -0.39 is 0 Å². The number of hydrogen-bond donors (Lipinski definition) is 1. The van der Waals surface area contributed by atoms with Gasteiger partial charge < -0.3 is 5.32 Å². The average molecular weight is 310 g/mol. The molecule has 0 saturated carbocycles. The highest BCUT2D eigenvalue weighted by Gasteiger charge is 2.18. The fourth-order valence-electron chi connectivity index (χ4n) is 2.07. The van der Waals surface area contributed by atoms with Crippen molar-refractivity contribution in [1.29, 1.82) is 0 Å². The summed E-state index contributed by atoms with van der Waals surface area (Å²) in [5.74, 6) is 0.861. The highest BCUT2D eigenvalue weighted by molar-refractivity contribution is 9.10. The number of hydrogen-bond acceptors (Lipinski definition) is 4. The molecular weight excluding hydrogens is 298 g/mol. The number of nitrogens with one attached hydrogen (secondary N) is 1. The molecule has 0 unspecified atom stereocenters. The van der Waals surface area contributed by atoms with E-state index in [9.17, 15) is 0 Å². The van der Waals surface area contributed by atoms with Gasteiger partial charge in [0.2, 0.25) is 0 Å². The van der Waals surface area contributed by atoms with E-state index in [0.717, 1.165) is 40.4 Å². The molecule has 3 nitrogen and oxygen atoms in total. The first kappa shape index (κ1) is 11.3. The van der Waals surface area contributed by atoms with Crippen LogP contribution in [0, 0.1) is 0 Å². The second kappa shape index (κ2) is 4.48. The van der Waals surface area contributed by atoms with Crippen LogP contribution in [-0.2, 0) is 19.5 Å². The van der Waals surface area contributed by atoms with Crippen molar-refractivity contribution >= 4 is 27.3 Å². The van der Waals surface area contributed by atoms with E-state index in [4.69, 9.17) is 0 Å². The van der Waals surface area contributed by atoms with Gasteiger partial charge in [-0.3, -0.25) is 0 Å². The van der Waals surface area contributed by atoms with Gasteiger partial charge in [-0.1, -0.05) is 6.92 Å². The van der Waals surface area contributed by atoms with Gasteiger partial charge in [0.1, 0.15) is 0 Å². The van der Waals surface area contributed by atoms with Crippen LogP contribution in [0.5, 0.6) is 0 Å². The van der Waals surface area contributed by atoms with E-state index in [2.05, 4.69) is 49.6 Å². The van der Waals surface area contributed by atoms with Crippen molar-refractivity contribution in [3.8, 4) is 10.7 Å². The first-order valence-corrected chi connectivity index (χ1v) is 7.29. The Hall–Kier alpha value is -0.780. The molecule has 17 heavy (non-hydrogen) atoms. The molecule has 0 bridgehead atoms. The van der Waals surface area contributed by atoms with Crippen LogP contribution < -0.4 is 5.32 Å². The fourth-order valence-corrected chi connectivity index (χ4v) is 3.43. The van der Waals surface area contributed by atoms with Gasteiger partial charge >= 0.3 is 0 Å². The predicted octanol–water partition coefficient (Wildman–Crippen LogP) is 3.13. The van der Waals surface area contributed by atoms with Crippen molar-refractivity contribution in [3.63, 3.8) is 0 Å². The van der Waals surface area contributed by atoms with Crippen LogP contribution in [-0.4, -0.2) is 9.97 Å². The van der Waals surface area contributed by atoms with Gasteiger partial charge in [0.05, 0.1) is 10.6 Å². The Labute approximate surface area is 112 Å². The number of fused-ring (bicyclic) bond motifs is 1. The topological polar surface area (TPSA) is 37.8 Å². The highest BCUT2D eigenvalue weighted by atomic mass is 79.9. The summed E-state index contributed by atoms with van der Waals surface area (Å²) < 4.78 is 1.10. The van der Waals surface area contributed by atoms with Gasteiger partial charge in [0.15, 0.2) is 5.82 Å². The summed E-state index contributed by atoms with van der Waals surface area (Å²) in [5, 5.41) is 5.40. The molecule has 1 aliphatic rings. The normalized spacial score (nSPS) is 14.0. The molecule has 0 fully saturated rings. The quantitative estimate of drug-likeness (QED) is 0.926. The van der Waals surface area contributed by atoms with Crippen LogP contribution in [0.15, 0.2) is 15.9 Å². The lowest BCUT2D eigenvalue weighted by atomic mass is 10.1. The summed E-state index contributed by atoms with van der Waals surface area (Å²) in [4.78, 5) is 10.5. The van der Waals surface area contributed by atoms with Gasteiger partial charge in [-0.2, -0.15) is 0 Å². The monoisotopic (exact) mass is 309 g/mol. The molecule has 1 N–H and O–H groups in total. The third-order valence-corrected chi connectivity index (χ3v) is 4.58. The van der Waals surface area contributed by atoms with Crippen molar-refractivity contribution < 1.29 is 0 Å². The SMILES string of the molecule is CCc1nc(-c2cc(Br)cs2)nc2c1CNC2. The minimum Gasteiger partial charge on any atom is -0.307 e. The van der Waals surface area contributed by atoms with Gasteiger partial charge in [-0.25, -0.2) is 9.97 Å². The van der Waals surface area contributed by atoms with Crippen molar-refractivity contribution in [2.75, 3.05) is 0 Å². The van der Waals surface area contributed by atoms with E-state index in [1.807, 2.05) is 0 Å². The van der Waals surface area contributed by atoms with Crippen LogP contribution in [0.4, 0.5) is 0 Å². The second-order valence-electron chi connectivity index (χ2n) is 4.01. The Balaban J connectivity index is 2.12. The number of aryl methyl sites for hydroxylation is 1. The van der Waals surface area contributed by atoms with Crippen molar-refractivity contribution in [1.82, 2.24) is 15.3 Å². The Morgan fingerprint density at radius 3 is 3.00 bits per heavy atom. The molecule has 0 spiro atoms. The molecule has 0 radical (unpaired) electrons.